The van der Waals surface area contributed by atoms with Crippen LogP contribution in [0, 0.1) is 10.8 Å². The van der Waals surface area contributed by atoms with E-state index in [1.807, 2.05) is 36.4 Å². The van der Waals surface area contributed by atoms with Gasteiger partial charge in [0, 0.05) is 39.5 Å². The van der Waals surface area contributed by atoms with Crippen LogP contribution >= 0.6 is 11.3 Å². The minimum atomic E-state index is -1.15. The second-order valence-corrected chi connectivity index (χ2v) is 14.2. The van der Waals surface area contributed by atoms with E-state index in [1.54, 1.807) is 16.9 Å². The lowest BCUT2D eigenvalue weighted by Gasteiger charge is -2.54. The van der Waals surface area contributed by atoms with E-state index >= 15 is 0 Å². The van der Waals surface area contributed by atoms with Crippen LogP contribution in [0.15, 0.2) is 86.2 Å². The van der Waals surface area contributed by atoms with Gasteiger partial charge < -0.3 is 15.7 Å². The van der Waals surface area contributed by atoms with E-state index in [0.717, 1.165) is 36.4 Å². The number of carbonyl (C=O) groups is 1. The lowest BCUT2D eigenvalue weighted by molar-refractivity contribution is -0.129. The van der Waals surface area contributed by atoms with Crippen LogP contribution in [0.4, 0.5) is 0 Å². The number of piperidine rings is 1. The largest absolute Gasteiger partial charge is 0.476 e. The molecule has 3 N–H and O–H groups in total. The van der Waals surface area contributed by atoms with Gasteiger partial charge in [0.25, 0.3) is 0 Å². The number of hydrogen-bond donors (Lipinski definition) is 2. The van der Waals surface area contributed by atoms with Gasteiger partial charge in [-0.15, -0.1) is 21.5 Å². The molecule has 1 saturated heterocycles. The molecular weight excluding hydrogens is 530 g/mol. The summed E-state index contributed by atoms with van der Waals surface area (Å²) in [5, 5.41) is 17.8. The average Bonchev–Trinajstić information content (AvgIpc) is 3.56. The predicted molar refractivity (Wildman–Crippen MR) is 167 cm³/mol. The maximum absolute atomic E-state index is 12.0. The molecule has 1 unspecified atom stereocenters. The van der Waals surface area contributed by atoms with Crippen LogP contribution in [0.5, 0.6) is 0 Å². The fraction of sp³-hybridized carbons (Fsp3) is 0.394. The van der Waals surface area contributed by atoms with Crippen molar-refractivity contribution >= 4 is 40.8 Å². The van der Waals surface area contributed by atoms with Crippen LogP contribution in [0.25, 0.3) is 6.08 Å². The summed E-state index contributed by atoms with van der Waals surface area (Å²) in [6.45, 7) is 14.2. The Balaban J connectivity index is 1.37. The Kier molecular flexibility index (Phi) is 6.45. The minimum Gasteiger partial charge on any atom is -0.476 e. The van der Waals surface area contributed by atoms with E-state index < -0.39 is 5.97 Å². The van der Waals surface area contributed by atoms with E-state index in [-0.39, 0.29) is 33.6 Å². The van der Waals surface area contributed by atoms with Gasteiger partial charge in [0.2, 0.25) is 0 Å². The van der Waals surface area contributed by atoms with Gasteiger partial charge in [-0.2, -0.15) is 0 Å². The molecule has 0 bridgehead atoms. The Bertz CT molecular complexity index is 1620. The maximum atomic E-state index is 12.0. The molecule has 1 aromatic carbocycles. The number of amidine groups is 2. The molecule has 0 radical (unpaired) electrons. The molecule has 212 valence electrons. The van der Waals surface area contributed by atoms with Crippen molar-refractivity contribution in [3.8, 4) is 0 Å². The quantitative estimate of drug-likeness (QED) is 0.330. The van der Waals surface area contributed by atoms with Crippen LogP contribution in [0.2, 0.25) is 0 Å². The van der Waals surface area contributed by atoms with Gasteiger partial charge >= 0.3 is 5.97 Å². The highest BCUT2D eigenvalue weighted by atomic mass is 32.1. The third-order valence-electron chi connectivity index (χ3n) is 9.14. The fourth-order valence-electron chi connectivity index (χ4n) is 6.45. The zero-order valence-corrected chi connectivity index (χ0v) is 25.2. The SMILES string of the molecule is CC1(C)CCN2CCC(C)(C)C3=C2C1=CC(C)(c1ccc(/C=C2\C(N=C(N)c4ccccc4)=NN=C2C(=O)O)s1)C3. The number of carboxylic acid groups (broad SMARTS) is 1. The molecule has 7 nitrogen and oxygen atoms in total. The molecule has 8 heteroatoms. The van der Waals surface area contributed by atoms with Crippen molar-refractivity contribution in [2.75, 3.05) is 13.1 Å². The topological polar surface area (TPSA) is 104 Å². The number of hydrogen-bond acceptors (Lipinski definition) is 6. The molecule has 0 spiro atoms. The summed E-state index contributed by atoms with van der Waals surface area (Å²) in [5.41, 5.74) is 11.9. The summed E-state index contributed by atoms with van der Waals surface area (Å²) in [5.74, 6) is -0.687. The van der Waals surface area contributed by atoms with Crippen molar-refractivity contribution in [3.05, 3.63) is 86.3 Å². The summed E-state index contributed by atoms with van der Waals surface area (Å²) >= 11 is 1.69. The lowest BCUT2D eigenvalue weighted by atomic mass is 9.60. The highest BCUT2D eigenvalue weighted by Crippen LogP contribution is 2.57. The van der Waals surface area contributed by atoms with Crippen molar-refractivity contribution in [2.24, 2.45) is 31.8 Å². The van der Waals surface area contributed by atoms with E-state index in [9.17, 15) is 9.90 Å². The summed E-state index contributed by atoms with van der Waals surface area (Å²) in [4.78, 5) is 21.3. The van der Waals surface area contributed by atoms with Crippen molar-refractivity contribution in [3.63, 3.8) is 0 Å². The molecule has 1 aromatic heterocycles. The second kappa shape index (κ2) is 9.65. The Morgan fingerprint density at radius 1 is 1.02 bits per heavy atom. The monoisotopic (exact) mass is 567 g/mol. The Hall–Kier alpha value is -3.78. The number of aliphatic imine (C=N–C) groups is 1. The van der Waals surface area contributed by atoms with Crippen molar-refractivity contribution < 1.29 is 9.90 Å². The normalized spacial score (nSPS) is 26.0. The molecule has 2 aromatic rings. The maximum Gasteiger partial charge on any atom is 0.357 e. The number of allylic oxidation sites excluding steroid dienone is 3. The third-order valence-corrected chi connectivity index (χ3v) is 10.5. The van der Waals surface area contributed by atoms with Crippen LogP contribution < -0.4 is 5.73 Å². The molecule has 0 amide bonds. The standard InChI is InChI=1S/C33H37N5O2S/c1-31(2)13-15-38-16-14-32(3,4)24-19-33(5,18-23(31)27(24)38)25-12-11-21(41-25)17-22-26(30(39)40)36-37-29(22)35-28(34)20-9-7-6-8-10-20/h6-12,17-18H,13-16,19H2,1-5H3,(H,39,40)(H2,34,35,37)/b22-17-. The first-order valence-electron chi connectivity index (χ1n) is 14.2. The van der Waals surface area contributed by atoms with Gasteiger partial charge in [0.05, 0.1) is 5.57 Å². The van der Waals surface area contributed by atoms with Gasteiger partial charge in [-0.3, -0.25) is 0 Å². The first-order chi connectivity index (χ1) is 19.4. The Morgan fingerprint density at radius 2 is 1.73 bits per heavy atom. The van der Waals surface area contributed by atoms with E-state index in [0.29, 0.717) is 5.57 Å². The number of rotatable bonds is 4. The van der Waals surface area contributed by atoms with Gasteiger partial charge in [0.1, 0.15) is 5.84 Å². The van der Waals surface area contributed by atoms with Crippen molar-refractivity contribution in [2.45, 2.75) is 59.3 Å². The fourth-order valence-corrected chi connectivity index (χ4v) is 7.52. The highest BCUT2D eigenvalue weighted by Gasteiger charge is 2.47. The second-order valence-electron chi connectivity index (χ2n) is 13.0. The molecule has 4 heterocycles. The van der Waals surface area contributed by atoms with Crippen LogP contribution in [-0.4, -0.2) is 46.4 Å². The van der Waals surface area contributed by atoms with E-state index in [2.05, 4.69) is 72.9 Å². The van der Waals surface area contributed by atoms with Crippen LogP contribution in [-0.2, 0) is 10.2 Å². The number of nitrogens with zero attached hydrogens (tertiary/aromatic N) is 4. The van der Waals surface area contributed by atoms with Gasteiger partial charge in [-0.05, 0) is 59.4 Å². The first kappa shape index (κ1) is 27.4. The molecule has 1 fully saturated rings. The zero-order chi connectivity index (χ0) is 29.2. The molecule has 1 atom stereocenters. The van der Waals surface area contributed by atoms with Crippen LogP contribution in [0.1, 0.15) is 69.2 Å². The Morgan fingerprint density at radius 3 is 2.44 bits per heavy atom. The van der Waals surface area contributed by atoms with Crippen LogP contribution in [0.3, 0.4) is 0 Å². The predicted octanol–water partition coefficient (Wildman–Crippen LogP) is 6.39. The average molecular weight is 568 g/mol. The lowest BCUT2D eigenvalue weighted by Crippen LogP contribution is -2.48. The van der Waals surface area contributed by atoms with E-state index in [4.69, 9.17) is 5.73 Å². The van der Waals surface area contributed by atoms with Gasteiger partial charge in [-0.25, -0.2) is 9.79 Å². The Labute approximate surface area is 245 Å². The summed E-state index contributed by atoms with van der Waals surface area (Å²) in [6.07, 6.45) is 7.66. The summed E-state index contributed by atoms with van der Waals surface area (Å²) in [7, 11) is 0. The molecule has 4 aliphatic rings. The van der Waals surface area contributed by atoms with Gasteiger partial charge in [0.15, 0.2) is 11.5 Å². The summed E-state index contributed by atoms with van der Waals surface area (Å²) < 4.78 is 0. The molecule has 3 aliphatic heterocycles. The number of carboxylic acids is 1. The van der Waals surface area contributed by atoms with E-state index in [1.165, 1.54) is 22.6 Å². The zero-order valence-electron chi connectivity index (χ0n) is 24.4. The van der Waals surface area contributed by atoms with Crippen molar-refractivity contribution in [1.82, 2.24) is 4.90 Å². The highest BCUT2D eigenvalue weighted by molar-refractivity contribution is 7.13. The minimum absolute atomic E-state index is 0.118. The number of thiophene rings is 1. The van der Waals surface area contributed by atoms with Gasteiger partial charge in [-0.1, -0.05) is 71.0 Å². The molecule has 41 heavy (non-hydrogen) atoms. The molecule has 6 rings (SSSR count). The smallest absolute Gasteiger partial charge is 0.357 e. The number of aliphatic carboxylic acids is 1. The molecular formula is C33H37N5O2S. The molecule has 0 saturated carbocycles. The first-order valence-corrected chi connectivity index (χ1v) is 15.0. The summed E-state index contributed by atoms with van der Waals surface area (Å²) in [6, 6.07) is 13.6. The third kappa shape index (κ3) is 4.78. The van der Waals surface area contributed by atoms with Crippen molar-refractivity contribution in [1.29, 1.82) is 0 Å². The molecule has 1 aliphatic carbocycles. The number of nitrogens with two attached hydrogens (primary N) is 1. The number of benzene rings is 1.